The van der Waals surface area contributed by atoms with Crippen molar-refractivity contribution < 1.29 is 9.53 Å². The van der Waals surface area contributed by atoms with Gasteiger partial charge in [-0.05, 0) is 11.3 Å². The van der Waals surface area contributed by atoms with Crippen LogP contribution in [0.15, 0.2) is 0 Å². The average Bonchev–Trinajstić information content (AvgIpc) is 2.27. The first-order chi connectivity index (χ1) is 7.84. The highest BCUT2D eigenvalue weighted by Crippen LogP contribution is 2.28. The van der Waals surface area contributed by atoms with Crippen LogP contribution < -0.4 is 5.73 Å². The molecule has 1 fully saturated rings. The van der Waals surface area contributed by atoms with Crippen LogP contribution in [0.3, 0.4) is 0 Å². The van der Waals surface area contributed by atoms with Crippen LogP contribution in [0.2, 0.25) is 0 Å². The number of morpholine rings is 1. The standard InChI is InChI=1S/C13H26N2O2.ClH/c1-10(13(2,3)4)7-12(16)15-5-6-17-11(8-14)9-15;/h10-11H,5-9,14H2,1-4H3;1H. The first-order valence-electron chi connectivity index (χ1n) is 6.44. The molecule has 18 heavy (non-hydrogen) atoms. The van der Waals surface area contributed by atoms with Gasteiger partial charge in [-0.2, -0.15) is 0 Å². The lowest BCUT2D eigenvalue weighted by Crippen LogP contribution is -2.48. The lowest BCUT2D eigenvalue weighted by atomic mass is 9.80. The predicted molar refractivity (Wildman–Crippen MR) is 75.9 cm³/mol. The Morgan fingerprint density at radius 3 is 2.61 bits per heavy atom. The van der Waals surface area contributed by atoms with Gasteiger partial charge >= 0.3 is 0 Å². The first kappa shape index (κ1) is 17.7. The van der Waals surface area contributed by atoms with Crippen LogP contribution in [0.4, 0.5) is 0 Å². The Morgan fingerprint density at radius 1 is 1.50 bits per heavy atom. The van der Waals surface area contributed by atoms with Gasteiger partial charge in [0.25, 0.3) is 0 Å². The van der Waals surface area contributed by atoms with Crippen molar-refractivity contribution in [3.8, 4) is 0 Å². The van der Waals surface area contributed by atoms with Gasteiger partial charge < -0.3 is 15.4 Å². The minimum atomic E-state index is 0. The van der Waals surface area contributed by atoms with Crippen LogP contribution >= 0.6 is 12.4 Å². The summed E-state index contributed by atoms with van der Waals surface area (Å²) in [6.45, 7) is 11.1. The topological polar surface area (TPSA) is 55.6 Å². The number of nitrogens with two attached hydrogens (primary N) is 1. The average molecular weight is 279 g/mol. The number of halogens is 1. The van der Waals surface area contributed by atoms with E-state index in [1.165, 1.54) is 0 Å². The van der Waals surface area contributed by atoms with Gasteiger partial charge in [-0.3, -0.25) is 4.79 Å². The van der Waals surface area contributed by atoms with Crippen molar-refractivity contribution in [2.45, 2.75) is 40.2 Å². The van der Waals surface area contributed by atoms with Crippen LogP contribution in [-0.4, -0.2) is 43.2 Å². The molecule has 108 valence electrons. The number of rotatable bonds is 3. The summed E-state index contributed by atoms with van der Waals surface area (Å²) >= 11 is 0. The van der Waals surface area contributed by atoms with Gasteiger partial charge in [-0.25, -0.2) is 0 Å². The lowest BCUT2D eigenvalue weighted by molar-refractivity contribution is -0.140. The Kier molecular flexibility index (Phi) is 7.18. The van der Waals surface area contributed by atoms with Gasteiger partial charge in [-0.15, -0.1) is 12.4 Å². The van der Waals surface area contributed by atoms with E-state index in [-0.39, 0.29) is 29.8 Å². The van der Waals surface area contributed by atoms with Crippen molar-refractivity contribution in [3.05, 3.63) is 0 Å². The maximum absolute atomic E-state index is 12.1. The van der Waals surface area contributed by atoms with Gasteiger partial charge in [0, 0.05) is 26.1 Å². The highest BCUT2D eigenvalue weighted by Gasteiger charge is 2.28. The largest absolute Gasteiger partial charge is 0.373 e. The molecule has 1 aliphatic rings. The van der Waals surface area contributed by atoms with Gasteiger partial charge in [0.2, 0.25) is 5.91 Å². The molecule has 2 atom stereocenters. The molecule has 5 heteroatoms. The molecule has 2 N–H and O–H groups in total. The van der Waals surface area contributed by atoms with Gasteiger partial charge in [0.05, 0.1) is 12.7 Å². The smallest absolute Gasteiger partial charge is 0.223 e. The summed E-state index contributed by atoms with van der Waals surface area (Å²) in [4.78, 5) is 14.0. The number of carbonyl (C=O) groups is 1. The quantitative estimate of drug-likeness (QED) is 0.854. The monoisotopic (exact) mass is 278 g/mol. The van der Waals surface area contributed by atoms with Gasteiger partial charge in [0.15, 0.2) is 0 Å². The molecule has 1 aliphatic heterocycles. The van der Waals surface area contributed by atoms with Crippen molar-refractivity contribution in [3.63, 3.8) is 0 Å². The summed E-state index contributed by atoms with van der Waals surface area (Å²) in [6, 6.07) is 0. The van der Waals surface area contributed by atoms with Crippen molar-refractivity contribution in [2.24, 2.45) is 17.1 Å². The normalized spacial score (nSPS) is 22.3. The summed E-state index contributed by atoms with van der Waals surface area (Å²) in [5.41, 5.74) is 5.75. The van der Waals surface area contributed by atoms with E-state index < -0.39 is 0 Å². The molecule has 0 bridgehead atoms. The van der Waals surface area contributed by atoms with Crippen molar-refractivity contribution in [1.82, 2.24) is 4.90 Å². The van der Waals surface area contributed by atoms with E-state index >= 15 is 0 Å². The number of nitrogens with zero attached hydrogens (tertiary/aromatic N) is 1. The Bertz CT molecular complexity index is 266. The number of hydrogen-bond donors (Lipinski definition) is 1. The molecule has 1 amide bonds. The van der Waals surface area contributed by atoms with Crippen LogP contribution in [0.1, 0.15) is 34.1 Å². The van der Waals surface area contributed by atoms with Gasteiger partial charge in [0.1, 0.15) is 0 Å². The molecule has 1 saturated heterocycles. The van der Waals surface area contributed by atoms with Crippen molar-refractivity contribution in [2.75, 3.05) is 26.2 Å². The van der Waals surface area contributed by atoms with E-state index in [0.717, 1.165) is 0 Å². The summed E-state index contributed by atoms with van der Waals surface area (Å²) in [5.74, 6) is 0.614. The summed E-state index contributed by atoms with van der Waals surface area (Å²) < 4.78 is 5.46. The SMILES string of the molecule is CC(CC(=O)N1CCOC(CN)C1)C(C)(C)C.Cl. The summed E-state index contributed by atoms with van der Waals surface area (Å²) in [6.07, 6.45) is 0.624. The molecular formula is C13H27ClN2O2. The minimum absolute atomic E-state index is 0. The molecular weight excluding hydrogens is 252 g/mol. The van der Waals surface area contributed by atoms with E-state index in [2.05, 4.69) is 27.7 Å². The maximum atomic E-state index is 12.1. The van der Waals surface area contributed by atoms with Crippen LogP contribution in [0.25, 0.3) is 0 Å². The fourth-order valence-corrected chi connectivity index (χ4v) is 1.79. The molecule has 0 spiro atoms. The zero-order valence-corrected chi connectivity index (χ0v) is 12.8. The number of ether oxygens (including phenoxy) is 1. The van der Waals surface area contributed by atoms with E-state index in [0.29, 0.717) is 38.6 Å². The fourth-order valence-electron chi connectivity index (χ4n) is 1.79. The molecule has 0 saturated carbocycles. The zero-order valence-electron chi connectivity index (χ0n) is 11.9. The second-order valence-electron chi connectivity index (χ2n) is 6.04. The zero-order chi connectivity index (χ0) is 13.1. The van der Waals surface area contributed by atoms with E-state index in [1.54, 1.807) is 0 Å². The van der Waals surface area contributed by atoms with Crippen molar-refractivity contribution >= 4 is 18.3 Å². The number of carbonyl (C=O) groups excluding carboxylic acids is 1. The molecule has 1 rings (SSSR count). The minimum Gasteiger partial charge on any atom is -0.373 e. The highest BCUT2D eigenvalue weighted by atomic mass is 35.5. The molecule has 0 aromatic heterocycles. The maximum Gasteiger partial charge on any atom is 0.223 e. The molecule has 0 radical (unpaired) electrons. The summed E-state index contributed by atoms with van der Waals surface area (Å²) in [5, 5.41) is 0. The second-order valence-corrected chi connectivity index (χ2v) is 6.04. The number of amides is 1. The van der Waals surface area contributed by atoms with Crippen LogP contribution in [-0.2, 0) is 9.53 Å². The highest BCUT2D eigenvalue weighted by molar-refractivity contribution is 5.85. The molecule has 0 aromatic carbocycles. The third-order valence-corrected chi connectivity index (χ3v) is 3.71. The number of hydrogen-bond acceptors (Lipinski definition) is 3. The predicted octanol–water partition coefficient (Wildman–Crippen LogP) is 1.67. The molecule has 2 unspecified atom stereocenters. The summed E-state index contributed by atoms with van der Waals surface area (Å²) in [7, 11) is 0. The Hall–Kier alpha value is -0.320. The van der Waals surface area contributed by atoms with Gasteiger partial charge in [-0.1, -0.05) is 27.7 Å². The Labute approximate surface area is 117 Å². The fraction of sp³-hybridized carbons (Fsp3) is 0.923. The second kappa shape index (κ2) is 7.31. The molecule has 1 heterocycles. The van der Waals surface area contributed by atoms with Crippen LogP contribution in [0.5, 0.6) is 0 Å². The van der Waals surface area contributed by atoms with E-state index in [9.17, 15) is 4.79 Å². The third-order valence-electron chi connectivity index (χ3n) is 3.71. The van der Waals surface area contributed by atoms with E-state index in [4.69, 9.17) is 10.5 Å². The first-order valence-corrected chi connectivity index (χ1v) is 6.44. The van der Waals surface area contributed by atoms with E-state index in [1.807, 2.05) is 4.90 Å². The molecule has 0 aliphatic carbocycles. The molecule has 0 aromatic rings. The van der Waals surface area contributed by atoms with Crippen molar-refractivity contribution in [1.29, 1.82) is 0 Å². The Morgan fingerprint density at radius 2 is 2.11 bits per heavy atom. The molecule has 4 nitrogen and oxygen atoms in total. The lowest BCUT2D eigenvalue weighted by Gasteiger charge is -2.34. The third kappa shape index (κ3) is 5.12. The Balaban J connectivity index is 0.00000289. The van der Waals surface area contributed by atoms with Crippen LogP contribution in [0, 0.1) is 11.3 Å².